The van der Waals surface area contributed by atoms with Gasteiger partial charge in [-0.2, -0.15) is 0 Å². The molecule has 0 saturated carbocycles. The van der Waals surface area contributed by atoms with Crippen molar-refractivity contribution in [1.82, 2.24) is 15.0 Å². The third-order valence-electron chi connectivity index (χ3n) is 13.2. The van der Waals surface area contributed by atoms with Gasteiger partial charge in [0.05, 0.1) is 0 Å². The summed E-state index contributed by atoms with van der Waals surface area (Å²) in [5.41, 5.74) is 23.1. The molecular weight excluding hydrogens is 1060 g/mol. The Balaban J connectivity index is 0.00000574. The summed E-state index contributed by atoms with van der Waals surface area (Å²) < 4.78 is 0. The summed E-state index contributed by atoms with van der Waals surface area (Å²) in [6.45, 7) is 0. The maximum atomic E-state index is 5.04. The number of benzene rings is 9. The summed E-state index contributed by atoms with van der Waals surface area (Å²) in [7, 11) is 0. The van der Waals surface area contributed by atoms with E-state index in [4.69, 9.17) is 15.0 Å². The fourth-order valence-electron chi connectivity index (χ4n) is 9.59. The quantitative estimate of drug-likeness (QED) is 0.121. The van der Waals surface area contributed by atoms with Crippen molar-refractivity contribution < 1.29 is 20.1 Å². The Morgan fingerprint density at radius 2 is 0.548 bits per heavy atom. The van der Waals surface area contributed by atoms with Gasteiger partial charge >= 0.3 is 20.1 Å². The van der Waals surface area contributed by atoms with Crippen LogP contribution in [0.1, 0.15) is 0 Å². The van der Waals surface area contributed by atoms with Gasteiger partial charge in [-0.25, -0.2) is 0 Å². The molecule has 3 nitrogen and oxygen atoms in total. The van der Waals surface area contributed by atoms with E-state index in [0.717, 1.165) is 123 Å². The van der Waals surface area contributed by atoms with Crippen molar-refractivity contribution in [3.63, 3.8) is 0 Å². The van der Waals surface area contributed by atoms with E-state index in [1.165, 1.54) is 0 Å². The molecule has 0 spiro atoms. The van der Waals surface area contributed by atoms with Gasteiger partial charge < -0.3 is 15.0 Å². The molecule has 3 aromatic heterocycles. The van der Waals surface area contributed by atoms with E-state index in [1.54, 1.807) is 0 Å². The normalized spacial score (nSPS) is 10.9. The van der Waals surface area contributed by atoms with Crippen LogP contribution in [-0.2, 0) is 20.1 Å². The second kappa shape index (κ2) is 21.2. The summed E-state index contributed by atoms with van der Waals surface area (Å²) in [6.07, 6.45) is 5.95. The molecule has 0 saturated heterocycles. The minimum absolute atomic E-state index is 0. The zero-order chi connectivity index (χ0) is 48.1. The number of hydrogen-bond acceptors (Lipinski definition) is 3. The average molecular weight is 1110 g/mol. The van der Waals surface area contributed by atoms with E-state index < -0.39 is 0 Å². The Morgan fingerprint density at radius 3 is 0.890 bits per heavy atom. The summed E-state index contributed by atoms with van der Waals surface area (Å²) in [5, 5.41) is 0. The van der Waals surface area contributed by atoms with Crippen LogP contribution in [0.15, 0.2) is 267 Å². The van der Waals surface area contributed by atoms with Crippen LogP contribution in [0.4, 0.5) is 0 Å². The van der Waals surface area contributed by atoms with Crippen LogP contribution in [0.2, 0.25) is 0 Å². The maximum absolute atomic E-state index is 5.04. The van der Waals surface area contributed by atoms with Crippen LogP contribution in [0.25, 0.3) is 123 Å². The molecule has 0 amide bonds. The Labute approximate surface area is 440 Å². The standard InChI is InChI=1S/C69H44N3.Ir/c1-4-18-48(19-5-1)51-24-16-26-53(40-51)68-38-35-56(46-71-68)62-29-11-14-32-65(62)59-42-58(64-31-13-10-28-61(64)55-34-37-67(70-45-55)50-22-8-3-9-23-50)43-60(44-59)66-33-15-12-30-63(66)57-36-39-69(72-47-57)54-27-17-25-52(41-54)49-20-6-2-7-21-49;/h1-22,24-25,28-47H;/q-3;+3. The Bertz CT molecular complexity index is 3630. The average Bonchev–Trinajstić information content (AvgIpc) is 3.48. The summed E-state index contributed by atoms with van der Waals surface area (Å²) in [5.74, 6) is 0. The van der Waals surface area contributed by atoms with Crippen LogP contribution in [0, 0.1) is 18.2 Å². The predicted molar refractivity (Wildman–Crippen MR) is 296 cm³/mol. The minimum Gasteiger partial charge on any atom is -0.304 e. The minimum atomic E-state index is 0. The van der Waals surface area contributed by atoms with Gasteiger partial charge in [0.15, 0.2) is 0 Å². The van der Waals surface area contributed by atoms with Crippen LogP contribution in [0.3, 0.4) is 0 Å². The van der Waals surface area contributed by atoms with Gasteiger partial charge in [0.25, 0.3) is 0 Å². The van der Waals surface area contributed by atoms with Crippen molar-refractivity contribution in [3.8, 4) is 123 Å². The summed E-state index contributed by atoms with van der Waals surface area (Å²) in [4.78, 5) is 15.0. The van der Waals surface area contributed by atoms with Crippen LogP contribution < -0.4 is 0 Å². The van der Waals surface area contributed by atoms with E-state index in [0.29, 0.717) is 0 Å². The zero-order valence-electron chi connectivity index (χ0n) is 39.6. The Morgan fingerprint density at radius 1 is 0.219 bits per heavy atom. The van der Waals surface area contributed by atoms with E-state index in [-0.39, 0.29) is 20.1 Å². The smallest absolute Gasteiger partial charge is 0.304 e. The van der Waals surface area contributed by atoms with Gasteiger partial charge in [-0.15, -0.1) is 107 Å². The molecule has 0 bridgehead atoms. The molecule has 0 aliphatic heterocycles. The van der Waals surface area contributed by atoms with Crippen molar-refractivity contribution >= 4 is 0 Å². The molecule has 0 atom stereocenters. The summed E-state index contributed by atoms with van der Waals surface area (Å²) in [6, 6.07) is 97.2. The largest absolute Gasteiger partial charge is 3.00 e. The molecule has 12 rings (SSSR count). The number of aromatic nitrogens is 3. The van der Waals surface area contributed by atoms with Crippen molar-refractivity contribution in [2.45, 2.75) is 0 Å². The van der Waals surface area contributed by atoms with Crippen LogP contribution in [0.5, 0.6) is 0 Å². The van der Waals surface area contributed by atoms with Gasteiger partial charge in [0.1, 0.15) is 0 Å². The molecule has 3 heterocycles. The number of hydrogen-bond donors (Lipinski definition) is 0. The molecule has 0 aliphatic carbocycles. The fourth-order valence-corrected chi connectivity index (χ4v) is 9.59. The topological polar surface area (TPSA) is 38.7 Å². The molecule has 9 aromatic carbocycles. The summed E-state index contributed by atoms with van der Waals surface area (Å²) >= 11 is 0. The number of nitrogens with zero attached hydrogens (tertiary/aromatic N) is 3. The van der Waals surface area contributed by atoms with E-state index >= 15 is 0 Å². The fraction of sp³-hybridized carbons (Fsp3) is 0. The molecule has 4 heteroatoms. The van der Waals surface area contributed by atoms with Crippen molar-refractivity contribution in [1.29, 1.82) is 0 Å². The first-order valence-electron chi connectivity index (χ1n) is 24.1. The van der Waals surface area contributed by atoms with Gasteiger partial charge in [0, 0.05) is 18.6 Å². The molecule has 344 valence electrons. The van der Waals surface area contributed by atoms with Crippen molar-refractivity contribution in [3.05, 3.63) is 286 Å². The second-order valence-corrected chi connectivity index (χ2v) is 17.7. The van der Waals surface area contributed by atoms with Crippen LogP contribution in [-0.4, -0.2) is 15.0 Å². The Hall–Kier alpha value is -8.92. The van der Waals surface area contributed by atoms with E-state index in [1.807, 2.05) is 67.1 Å². The van der Waals surface area contributed by atoms with Crippen molar-refractivity contribution in [2.24, 2.45) is 0 Å². The van der Waals surface area contributed by atoms with E-state index in [9.17, 15) is 0 Å². The zero-order valence-corrected chi connectivity index (χ0v) is 42.0. The first kappa shape index (κ1) is 46.5. The molecular formula is C69H44IrN3. The third-order valence-corrected chi connectivity index (χ3v) is 13.2. The molecule has 0 N–H and O–H groups in total. The number of pyridine rings is 3. The maximum Gasteiger partial charge on any atom is 3.00 e. The van der Waals surface area contributed by atoms with E-state index in [2.05, 4.69) is 218 Å². The Kier molecular flexibility index (Phi) is 13.5. The van der Waals surface area contributed by atoms with Gasteiger partial charge in [-0.05, 0) is 113 Å². The number of rotatable bonds is 11. The van der Waals surface area contributed by atoms with Gasteiger partial charge in [-0.1, -0.05) is 170 Å². The monoisotopic (exact) mass is 1110 g/mol. The van der Waals surface area contributed by atoms with Gasteiger partial charge in [-0.3, -0.25) is 0 Å². The van der Waals surface area contributed by atoms with Crippen LogP contribution >= 0.6 is 0 Å². The first-order chi connectivity index (χ1) is 35.7. The van der Waals surface area contributed by atoms with Gasteiger partial charge in [0.2, 0.25) is 0 Å². The molecule has 0 unspecified atom stereocenters. The SMILES string of the molecule is [Ir+3].[c-]1ccccc1-c1ccc(-c2ccccc2-c2cc(-c3ccccc3-c3ccc(-c4[c-]ccc(-c5ccccc5)c4)nc3)cc(-c3ccccc3-c3ccc(-c4[c-]ccc(-c5ccccc5)c4)nc3)c2)cn1. The second-order valence-electron chi connectivity index (χ2n) is 17.7. The molecule has 0 fully saturated rings. The third kappa shape index (κ3) is 9.91. The predicted octanol–water partition coefficient (Wildman–Crippen LogP) is 17.6. The molecule has 0 radical (unpaired) electrons. The first-order valence-corrected chi connectivity index (χ1v) is 24.1. The molecule has 73 heavy (non-hydrogen) atoms. The van der Waals surface area contributed by atoms with Crippen molar-refractivity contribution in [2.75, 3.05) is 0 Å². The molecule has 0 aliphatic rings. The molecule has 12 aromatic rings.